The average Bonchev–Trinajstić information content (AvgIpc) is 2.75. The molecule has 4 heteroatoms. The van der Waals surface area contributed by atoms with Crippen LogP contribution < -0.4 is 5.32 Å². The van der Waals surface area contributed by atoms with Crippen LogP contribution in [-0.4, -0.2) is 45.9 Å². The van der Waals surface area contributed by atoms with E-state index in [0.717, 1.165) is 39.0 Å². The molecule has 1 aliphatic rings. The molecule has 0 aromatic heterocycles. The molecule has 88 valence electrons. The van der Waals surface area contributed by atoms with Crippen LogP contribution in [0.4, 0.5) is 0 Å². The molecule has 1 rings (SSSR count). The van der Waals surface area contributed by atoms with Gasteiger partial charge in [-0.2, -0.15) is 0 Å². The zero-order valence-corrected chi connectivity index (χ0v) is 9.63. The van der Waals surface area contributed by atoms with Crippen molar-refractivity contribution in [3.63, 3.8) is 0 Å². The molecule has 0 aromatic rings. The molecule has 0 bridgehead atoms. The molecule has 1 heterocycles. The fraction of sp³-hybridized carbons (Fsp3) is 0.909. The molecule has 0 fully saturated rings. The SMILES string of the molecule is COCCOCCCCNC1=NCCC1. The molecule has 15 heavy (non-hydrogen) atoms. The van der Waals surface area contributed by atoms with E-state index in [1.807, 2.05) is 0 Å². The molecule has 0 spiro atoms. The maximum absolute atomic E-state index is 5.36. The number of methoxy groups -OCH3 is 1. The summed E-state index contributed by atoms with van der Waals surface area (Å²) in [6.45, 7) is 4.25. The molecule has 0 amide bonds. The van der Waals surface area contributed by atoms with E-state index in [2.05, 4.69) is 10.3 Å². The van der Waals surface area contributed by atoms with E-state index >= 15 is 0 Å². The van der Waals surface area contributed by atoms with Gasteiger partial charge >= 0.3 is 0 Å². The van der Waals surface area contributed by atoms with Crippen LogP contribution >= 0.6 is 0 Å². The van der Waals surface area contributed by atoms with Gasteiger partial charge in [-0.3, -0.25) is 4.99 Å². The summed E-state index contributed by atoms with van der Waals surface area (Å²) in [4.78, 5) is 4.35. The summed E-state index contributed by atoms with van der Waals surface area (Å²) >= 11 is 0. The molecule has 1 N–H and O–H groups in total. The summed E-state index contributed by atoms with van der Waals surface area (Å²) in [5.41, 5.74) is 0. The Morgan fingerprint density at radius 1 is 1.27 bits per heavy atom. The van der Waals surface area contributed by atoms with E-state index in [0.29, 0.717) is 13.2 Å². The molecule has 0 saturated heterocycles. The van der Waals surface area contributed by atoms with E-state index in [-0.39, 0.29) is 0 Å². The second kappa shape index (κ2) is 8.68. The fourth-order valence-electron chi connectivity index (χ4n) is 1.49. The predicted octanol–water partition coefficient (Wildman–Crippen LogP) is 1.21. The smallest absolute Gasteiger partial charge is 0.0963 e. The van der Waals surface area contributed by atoms with E-state index in [9.17, 15) is 0 Å². The Hall–Kier alpha value is -0.610. The number of nitrogens with one attached hydrogen (secondary N) is 1. The zero-order chi connectivity index (χ0) is 10.8. The molecular weight excluding hydrogens is 192 g/mol. The average molecular weight is 214 g/mol. The summed E-state index contributed by atoms with van der Waals surface area (Å²) < 4.78 is 10.2. The minimum atomic E-state index is 0.690. The number of ether oxygens (including phenoxy) is 2. The highest BCUT2D eigenvalue weighted by molar-refractivity contribution is 5.83. The highest BCUT2D eigenvalue weighted by Crippen LogP contribution is 2.01. The maximum Gasteiger partial charge on any atom is 0.0963 e. The Morgan fingerprint density at radius 3 is 2.93 bits per heavy atom. The summed E-state index contributed by atoms with van der Waals surface area (Å²) in [7, 11) is 1.69. The molecule has 0 saturated carbocycles. The van der Waals surface area contributed by atoms with Crippen molar-refractivity contribution >= 4 is 5.84 Å². The standard InChI is InChI=1S/C11H22N2O2/c1-14-9-10-15-8-3-2-6-12-11-5-4-7-13-11/h2-10H2,1H3,(H,12,13). The molecule has 0 unspecified atom stereocenters. The lowest BCUT2D eigenvalue weighted by Gasteiger charge is -2.06. The topological polar surface area (TPSA) is 42.9 Å². The van der Waals surface area contributed by atoms with Crippen LogP contribution in [-0.2, 0) is 9.47 Å². The van der Waals surface area contributed by atoms with Crippen molar-refractivity contribution in [3.05, 3.63) is 0 Å². The zero-order valence-electron chi connectivity index (χ0n) is 9.63. The maximum atomic E-state index is 5.36. The van der Waals surface area contributed by atoms with E-state index in [1.165, 1.54) is 12.3 Å². The van der Waals surface area contributed by atoms with Crippen molar-refractivity contribution in [1.29, 1.82) is 0 Å². The van der Waals surface area contributed by atoms with Crippen molar-refractivity contribution < 1.29 is 9.47 Å². The molecule has 0 aliphatic carbocycles. The number of nitrogens with zero attached hydrogens (tertiary/aromatic N) is 1. The highest BCUT2D eigenvalue weighted by Gasteiger charge is 2.03. The number of aliphatic imine (C=N–C) groups is 1. The quantitative estimate of drug-likeness (QED) is 0.618. The largest absolute Gasteiger partial charge is 0.382 e. The van der Waals surface area contributed by atoms with Gasteiger partial charge in [0.05, 0.1) is 19.0 Å². The Morgan fingerprint density at radius 2 is 2.20 bits per heavy atom. The van der Waals surface area contributed by atoms with Crippen LogP contribution in [0.1, 0.15) is 25.7 Å². The van der Waals surface area contributed by atoms with E-state index < -0.39 is 0 Å². The predicted molar refractivity (Wildman–Crippen MR) is 61.5 cm³/mol. The van der Waals surface area contributed by atoms with E-state index in [4.69, 9.17) is 9.47 Å². The number of hydrogen-bond donors (Lipinski definition) is 1. The first-order valence-electron chi connectivity index (χ1n) is 5.77. The van der Waals surface area contributed by atoms with Gasteiger partial charge in [0.2, 0.25) is 0 Å². The van der Waals surface area contributed by atoms with Gasteiger partial charge in [0.1, 0.15) is 0 Å². The molecule has 0 radical (unpaired) electrons. The van der Waals surface area contributed by atoms with Gasteiger partial charge in [-0.1, -0.05) is 0 Å². The lowest BCUT2D eigenvalue weighted by atomic mass is 10.3. The van der Waals surface area contributed by atoms with Crippen molar-refractivity contribution in [2.45, 2.75) is 25.7 Å². The highest BCUT2D eigenvalue weighted by atomic mass is 16.5. The first kappa shape index (κ1) is 12.5. The lowest BCUT2D eigenvalue weighted by Crippen LogP contribution is -2.22. The first-order chi connectivity index (χ1) is 7.43. The summed E-state index contributed by atoms with van der Waals surface area (Å²) in [6, 6.07) is 0. The Bertz CT molecular complexity index is 183. The normalized spacial score (nSPS) is 15.4. The summed E-state index contributed by atoms with van der Waals surface area (Å²) in [5.74, 6) is 1.19. The Balaban J connectivity index is 1.77. The number of rotatable bonds is 8. The van der Waals surface area contributed by atoms with Gasteiger partial charge in [0.25, 0.3) is 0 Å². The van der Waals surface area contributed by atoms with Gasteiger partial charge in [-0.05, 0) is 19.3 Å². The van der Waals surface area contributed by atoms with Crippen LogP contribution in [0.25, 0.3) is 0 Å². The molecule has 4 nitrogen and oxygen atoms in total. The third kappa shape index (κ3) is 6.47. The Labute approximate surface area is 92.1 Å². The monoisotopic (exact) mass is 214 g/mol. The second-order valence-corrected chi connectivity index (χ2v) is 3.67. The van der Waals surface area contributed by atoms with Crippen LogP contribution in [0.15, 0.2) is 4.99 Å². The van der Waals surface area contributed by atoms with Gasteiger partial charge in [0, 0.05) is 33.2 Å². The van der Waals surface area contributed by atoms with Crippen LogP contribution in [0.3, 0.4) is 0 Å². The fourth-order valence-corrected chi connectivity index (χ4v) is 1.49. The van der Waals surface area contributed by atoms with Crippen molar-refractivity contribution in [3.8, 4) is 0 Å². The molecule has 0 atom stereocenters. The van der Waals surface area contributed by atoms with Crippen molar-refractivity contribution in [2.75, 3.05) is 40.0 Å². The third-order valence-electron chi connectivity index (χ3n) is 2.35. The van der Waals surface area contributed by atoms with Gasteiger partial charge in [-0.25, -0.2) is 0 Å². The van der Waals surface area contributed by atoms with Crippen molar-refractivity contribution in [1.82, 2.24) is 5.32 Å². The Kier molecular flexibility index (Phi) is 7.21. The second-order valence-electron chi connectivity index (χ2n) is 3.67. The minimum Gasteiger partial charge on any atom is -0.382 e. The third-order valence-corrected chi connectivity index (χ3v) is 2.35. The summed E-state index contributed by atoms with van der Waals surface area (Å²) in [6.07, 6.45) is 4.59. The van der Waals surface area contributed by atoms with Crippen LogP contribution in [0.5, 0.6) is 0 Å². The van der Waals surface area contributed by atoms with Crippen LogP contribution in [0.2, 0.25) is 0 Å². The molecular formula is C11H22N2O2. The van der Waals surface area contributed by atoms with E-state index in [1.54, 1.807) is 7.11 Å². The summed E-state index contributed by atoms with van der Waals surface area (Å²) in [5, 5.41) is 3.35. The number of amidine groups is 1. The van der Waals surface area contributed by atoms with Gasteiger partial charge in [0.15, 0.2) is 0 Å². The first-order valence-corrected chi connectivity index (χ1v) is 5.77. The molecule has 0 aromatic carbocycles. The number of hydrogen-bond acceptors (Lipinski definition) is 4. The molecule has 1 aliphatic heterocycles. The van der Waals surface area contributed by atoms with Crippen molar-refractivity contribution in [2.24, 2.45) is 4.99 Å². The lowest BCUT2D eigenvalue weighted by molar-refractivity contribution is 0.0689. The van der Waals surface area contributed by atoms with Gasteiger partial charge < -0.3 is 14.8 Å². The van der Waals surface area contributed by atoms with Crippen LogP contribution in [0, 0.1) is 0 Å². The number of unbranched alkanes of at least 4 members (excludes halogenated alkanes) is 1. The minimum absolute atomic E-state index is 0.690. The van der Waals surface area contributed by atoms with Gasteiger partial charge in [-0.15, -0.1) is 0 Å².